The van der Waals surface area contributed by atoms with Gasteiger partial charge in [0.05, 0.1) is 11.0 Å². The molecule has 0 bridgehead atoms. The van der Waals surface area contributed by atoms with Crippen LogP contribution < -0.4 is 0 Å². The van der Waals surface area contributed by atoms with Gasteiger partial charge in [-0.05, 0) is 57.7 Å². The minimum Gasteiger partial charge on any atom is -0.342 e. The van der Waals surface area contributed by atoms with Crippen LogP contribution in [0.1, 0.15) is 51.9 Å². The number of benzene rings is 1. The van der Waals surface area contributed by atoms with E-state index in [0.29, 0.717) is 28.7 Å². The van der Waals surface area contributed by atoms with E-state index < -0.39 is 0 Å². The van der Waals surface area contributed by atoms with E-state index in [1.807, 2.05) is 6.07 Å². The maximum atomic E-state index is 12.5. The average molecular weight is 336 g/mol. The summed E-state index contributed by atoms with van der Waals surface area (Å²) in [5, 5.41) is 0. The quantitative estimate of drug-likeness (QED) is 0.830. The van der Waals surface area contributed by atoms with Crippen LogP contribution >= 0.6 is 0 Å². The summed E-state index contributed by atoms with van der Waals surface area (Å²) < 4.78 is 0. The van der Waals surface area contributed by atoms with Crippen molar-refractivity contribution in [3.05, 3.63) is 51.9 Å². The van der Waals surface area contributed by atoms with Gasteiger partial charge in [0.1, 0.15) is 5.82 Å². The number of ketones is 2. The molecule has 0 unspecified atom stereocenters. The summed E-state index contributed by atoms with van der Waals surface area (Å²) in [6.07, 6.45) is 3.16. The minimum atomic E-state index is 0.00271. The van der Waals surface area contributed by atoms with Gasteiger partial charge in [-0.3, -0.25) is 9.59 Å². The smallest absolute Gasteiger partial charge is 0.185 e. The van der Waals surface area contributed by atoms with Crippen LogP contribution in [0.3, 0.4) is 0 Å². The van der Waals surface area contributed by atoms with Gasteiger partial charge in [-0.1, -0.05) is 13.0 Å². The first-order valence-corrected chi connectivity index (χ1v) is 8.86. The molecule has 2 aromatic rings. The van der Waals surface area contributed by atoms with Crippen molar-refractivity contribution in [2.75, 3.05) is 0 Å². The lowest BCUT2D eigenvalue weighted by atomic mass is 9.84. The van der Waals surface area contributed by atoms with Gasteiger partial charge >= 0.3 is 0 Å². The Hall–Kier alpha value is -2.49. The van der Waals surface area contributed by atoms with E-state index in [-0.39, 0.29) is 11.6 Å². The molecule has 0 aliphatic heterocycles. The number of nitrogens with zero attached hydrogens (tertiary/aromatic N) is 1. The summed E-state index contributed by atoms with van der Waals surface area (Å²) >= 11 is 0. The van der Waals surface area contributed by atoms with Crippen LogP contribution in [0, 0.1) is 0 Å². The Bertz CT molecular complexity index is 929. The second-order valence-electron chi connectivity index (χ2n) is 6.75. The first kappa shape index (κ1) is 17.3. The van der Waals surface area contributed by atoms with E-state index in [2.05, 4.69) is 29.0 Å². The molecule has 3 rings (SSSR count). The van der Waals surface area contributed by atoms with Crippen molar-refractivity contribution < 1.29 is 9.59 Å². The normalized spacial score (nSPS) is 15.7. The number of fused-ring (bicyclic) bond motifs is 1. The molecule has 1 N–H and O–H groups in total. The fourth-order valence-electron chi connectivity index (χ4n) is 3.34. The van der Waals surface area contributed by atoms with Crippen LogP contribution in [0.4, 0.5) is 0 Å². The zero-order valence-corrected chi connectivity index (χ0v) is 15.3. The number of imidazole rings is 1. The highest BCUT2D eigenvalue weighted by atomic mass is 16.1. The molecule has 1 heterocycles. The molecule has 0 fully saturated rings. The highest BCUT2D eigenvalue weighted by Gasteiger charge is 2.27. The summed E-state index contributed by atoms with van der Waals surface area (Å²) in [6, 6.07) is 6.28. The number of allylic oxidation sites excluding steroid dienone is 4. The summed E-state index contributed by atoms with van der Waals surface area (Å²) in [5.74, 6) is 0.953. The van der Waals surface area contributed by atoms with E-state index in [0.717, 1.165) is 36.1 Å². The molecule has 4 heteroatoms. The monoisotopic (exact) mass is 336 g/mol. The molecule has 25 heavy (non-hydrogen) atoms. The lowest BCUT2D eigenvalue weighted by Crippen LogP contribution is -2.20. The van der Waals surface area contributed by atoms with Gasteiger partial charge in [0.15, 0.2) is 11.6 Å². The molecule has 0 amide bonds. The molecule has 1 aromatic heterocycles. The lowest BCUT2D eigenvalue weighted by Gasteiger charge is -2.18. The third-order valence-corrected chi connectivity index (χ3v) is 5.15. The number of nitrogens with one attached hydrogen (secondary N) is 1. The molecule has 4 nitrogen and oxygen atoms in total. The molecule has 1 aromatic carbocycles. The van der Waals surface area contributed by atoms with Crippen molar-refractivity contribution in [2.24, 2.45) is 0 Å². The fourth-order valence-corrected chi connectivity index (χ4v) is 3.34. The third kappa shape index (κ3) is 3.21. The highest BCUT2D eigenvalue weighted by molar-refractivity contribution is 6.24. The first-order valence-electron chi connectivity index (χ1n) is 8.86. The van der Waals surface area contributed by atoms with E-state index >= 15 is 0 Å². The molecule has 0 atom stereocenters. The topological polar surface area (TPSA) is 62.8 Å². The van der Waals surface area contributed by atoms with Crippen molar-refractivity contribution in [1.29, 1.82) is 0 Å². The fraction of sp³-hybridized carbons (Fsp3) is 0.381. The molecule has 1 aliphatic rings. The van der Waals surface area contributed by atoms with Crippen molar-refractivity contribution in [1.82, 2.24) is 9.97 Å². The van der Waals surface area contributed by atoms with Crippen LogP contribution in [0.5, 0.6) is 0 Å². The number of aromatic amines is 1. The Kier molecular flexibility index (Phi) is 4.71. The third-order valence-electron chi connectivity index (χ3n) is 5.15. The Morgan fingerprint density at radius 2 is 1.68 bits per heavy atom. The van der Waals surface area contributed by atoms with Gasteiger partial charge in [0.25, 0.3) is 0 Å². The summed E-state index contributed by atoms with van der Waals surface area (Å²) in [6.45, 7) is 7.37. The van der Waals surface area contributed by atoms with Crippen molar-refractivity contribution in [2.45, 2.75) is 53.4 Å². The second-order valence-corrected chi connectivity index (χ2v) is 6.75. The number of carbonyl (C=O) groups is 2. The van der Waals surface area contributed by atoms with Crippen molar-refractivity contribution >= 4 is 22.6 Å². The predicted molar refractivity (Wildman–Crippen MR) is 99.5 cm³/mol. The zero-order valence-electron chi connectivity index (χ0n) is 15.3. The number of aryl methyl sites for hydroxylation is 2. The van der Waals surface area contributed by atoms with Crippen LogP contribution in [-0.4, -0.2) is 21.5 Å². The number of hydrogen-bond donors (Lipinski definition) is 1. The number of carbonyl (C=O) groups excluding carboxylic acids is 2. The number of aromatic nitrogens is 2. The average Bonchev–Trinajstić information content (AvgIpc) is 3.02. The Morgan fingerprint density at radius 1 is 0.960 bits per heavy atom. The van der Waals surface area contributed by atoms with E-state index in [4.69, 9.17) is 0 Å². The van der Waals surface area contributed by atoms with E-state index in [1.165, 1.54) is 5.56 Å². The number of H-pyrrole nitrogens is 1. The van der Waals surface area contributed by atoms with Crippen LogP contribution in [0.25, 0.3) is 11.0 Å². The summed E-state index contributed by atoms with van der Waals surface area (Å²) in [7, 11) is 0. The highest BCUT2D eigenvalue weighted by Crippen LogP contribution is 2.27. The van der Waals surface area contributed by atoms with Gasteiger partial charge in [0, 0.05) is 28.7 Å². The summed E-state index contributed by atoms with van der Waals surface area (Å²) in [5.41, 5.74) is 5.75. The van der Waals surface area contributed by atoms with Crippen LogP contribution in [0.2, 0.25) is 0 Å². The van der Waals surface area contributed by atoms with Gasteiger partial charge < -0.3 is 4.98 Å². The lowest BCUT2D eigenvalue weighted by molar-refractivity contribution is -0.116. The summed E-state index contributed by atoms with van der Waals surface area (Å²) in [4.78, 5) is 32.7. The maximum Gasteiger partial charge on any atom is 0.185 e. The Morgan fingerprint density at radius 3 is 2.40 bits per heavy atom. The number of hydrogen-bond acceptors (Lipinski definition) is 3. The van der Waals surface area contributed by atoms with E-state index in [9.17, 15) is 9.59 Å². The zero-order chi connectivity index (χ0) is 18.1. The van der Waals surface area contributed by atoms with Crippen molar-refractivity contribution in [3.8, 4) is 0 Å². The largest absolute Gasteiger partial charge is 0.342 e. The van der Waals surface area contributed by atoms with Gasteiger partial charge in [0.2, 0.25) is 0 Å². The Labute approximate surface area is 148 Å². The number of rotatable bonds is 5. The molecule has 1 aliphatic carbocycles. The minimum absolute atomic E-state index is 0.00271. The molecular formula is C21H24N2O2. The molecule has 0 saturated carbocycles. The molecular weight excluding hydrogens is 312 g/mol. The Balaban J connectivity index is 1.71. The van der Waals surface area contributed by atoms with E-state index in [1.54, 1.807) is 20.8 Å². The first-order chi connectivity index (χ1) is 11.9. The predicted octanol–water partition coefficient (Wildman–Crippen LogP) is 4.25. The molecule has 0 radical (unpaired) electrons. The molecule has 0 spiro atoms. The van der Waals surface area contributed by atoms with Gasteiger partial charge in [-0.15, -0.1) is 0 Å². The van der Waals surface area contributed by atoms with Crippen molar-refractivity contribution in [3.63, 3.8) is 0 Å². The van der Waals surface area contributed by atoms with Gasteiger partial charge in [-0.2, -0.15) is 0 Å². The van der Waals surface area contributed by atoms with Crippen LogP contribution in [-0.2, 0) is 22.4 Å². The second kappa shape index (κ2) is 6.79. The molecule has 0 saturated heterocycles. The van der Waals surface area contributed by atoms with Crippen LogP contribution in [0.15, 0.2) is 40.5 Å². The SMILES string of the molecule is CCc1ccc2nc(CCCC3=C(C)C(=O)C(C)=C(C)C3=O)[nH]c2c1. The van der Waals surface area contributed by atoms with Gasteiger partial charge in [-0.25, -0.2) is 4.98 Å². The maximum absolute atomic E-state index is 12.5. The number of Topliss-reactive ketones (excluding diaryl/α,β-unsaturated/α-hetero) is 2. The standard InChI is InChI=1S/C21H24N2O2/c1-5-15-9-10-17-18(11-15)23-19(22-17)8-6-7-16-14(4)20(24)12(2)13(3)21(16)25/h9-11H,5-8H2,1-4H3,(H,22,23). The molecule has 130 valence electrons.